The number of benzene rings is 2. The highest BCUT2D eigenvalue weighted by Crippen LogP contribution is 2.30. The van der Waals surface area contributed by atoms with Gasteiger partial charge in [0.2, 0.25) is 11.8 Å². The summed E-state index contributed by atoms with van der Waals surface area (Å²) < 4.78 is 13.4. The van der Waals surface area contributed by atoms with Crippen LogP contribution in [-0.2, 0) is 16.0 Å². The van der Waals surface area contributed by atoms with Crippen molar-refractivity contribution in [2.75, 3.05) is 16.4 Å². The van der Waals surface area contributed by atoms with Gasteiger partial charge in [-0.2, -0.15) is 0 Å². The highest BCUT2D eigenvalue weighted by atomic mass is 32.2. The Bertz CT molecular complexity index is 1180. The maximum Gasteiger partial charge on any atom is 0.257 e. The van der Waals surface area contributed by atoms with E-state index in [-0.39, 0.29) is 23.5 Å². The summed E-state index contributed by atoms with van der Waals surface area (Å²) in [4.78, 5) is 44.7. The molecule has 0 radical (unpaired) electrons. The van der Waals surface area contributed by atoms with E-state index in [0.717, 1.165) is 18.1 Å². The van der Waals surface area contributed by atoms with Crippen molar-refractivity contribution in [3.63, 3.8) is 0 Å². The van der Waals surface area contributed by atoms with Crippen molar-refractivity contribution in [2.45, 2.75) is 23.9 Å². The first-order valence-electron chi connectivity index (χ1n) is 9.67. The Hall–Kier alpha value is -3.46. The van der Waals surface area contributed by atoms with Gasteiger partial charge < -0.3 is 15.6 Å². The van der Waals surface area contributed by atoms with Gasteiger partial charge in [-0.15, -0.1) is 0 Å². The summed E-state index contributed by atoms with van der Waals surface area (Å²) in [6.45, 7) is 0. The van der Waals surface area contributed by atoms with Crippen molar-refractivity contribution in [1.82, 2.24) is 9.97 Å². The molecule has 9 heteroatoms. The van der Waals surface area contributed by atoms with Crippen molar-refractivity contribution in [3.8, 4) is 0 Å². The molecule has 1 aliphatic heterocycles. The van der Waals surface area contributed by atoms with Gasteiger partial charge in [0.1, 0.15) is 11.6 Å². The number of thioether (sulfide) groups is 1. The van der Waals surface area contributed by atoms with Crippen LogP contribution < -0.4 is 16.2 Å². The Morgan fingerprint density at radius 1 is 1.16 bits per heavy atom. The Kier molecular flexibility index (Phi) is 6.13. The van der Waals surface area contributed by atoms with Crippen molar-refractivity contribution >= 4 is 35.1 Å². The van der Waals surface area contributed by atoms with E-state index < -0.39 is 29.1 Å². The predicted molar refractivity (Wildman–Crippen MR) is 117 cm³/mol. The van der Waals surface area contributed by atoms with E-state index in [1.165, 1.54) is 30.0 Å². The number of aromatic amines is 1. The van der Waals surface area contributed by atoms with Gasteiger partial charge >= 0.3 is 0 Å². The fourth-order valence-electron chi connectivity index (χ4n) is 3.35. The van der Waals surface area contributed by atoms with E-state index in [1.807, 2.05) is 30.3 Å². The summed E-state index contributed by atoms with van der Waals surface area (Å²) in [5, 5.41) is 5.51. The molecule has 31 heavy (non-hydrogen) atoms. The molecule has 1 atom stereocenters. The summed E-state index contributed by atoms with van der Waals surface area (Å²) in [6.07, 6.45) is 0.594. The van der Waals surface area contributed by atoms with Gasteiger partial charge in [-0.1, -0.05) is 48.2 Å². The number of halogens is 1. The highest BCUT2D eigenvalue weighted by molar-refractivity contribution is 7.99. The normalized spacial score (nSPS) is 15.1. The lowest BCUT2D eigenvalue weighted by molar-refractivity contribution is -0.123. The van der Waals surface area contributed by atoms with Gasteiger partial charge in [-0.05, 0) is 30.2 Å². The number of amides is 2. The molecule has 0 unspecified atom stereocenters. The zero-order chi connectivity index (χ0) is 21.8. The molecule has 7 nitrogen and oxygen atoms in total. The average molecular weight is 438 g/mol. The second kappa shape index (κ2) is 9.13. The monoisotopic (exact) mass is 438 g/mol. The highest BCUT2D eigenvalue weighted by Gasteiger charge is 2.34. The van der Waals surface area contributed by atoms with E-state index in [1.54, 1.807) is 0 Å². The Labute approximate surface area is 181 Å². The van der Waals surface area contributed by atoms with Crippen LogP contribution >= 0.6 is 11.8 Å². The molecule has 2 amide bonds. The SMILES string of the molecule is O=C1C[C@@H](C(=O)Nc2cccc(F)c2)c2c(nc(SCCc3ccccc3)[nH]c2=O)N1. The quantitative estimate of drug-likeness (QED) is 0.405. The third-order valence-electron chi connectivity index (χ3n) is 4.81. The van der Waals surface area contributed by atoms with Crippen LogP contribution in [-0.4, -0.2) is 27.5 Å². The van der Waals surface area contributed by atoms with Gasteiger partial charge in [0.15, 0.2) is 5.16 Å². The van der Waals surface area contributed by atoms with E-state index in [2.05, 4.69) is 20.6 Å². The predicted octanol–water partition coefficient (Wildman–Crippen LogP) is 3.31. The van der Waals surface area contributed by atoms with Crippen LogP contribution in [0.4, 0.5) is 15.9 Å². The third kappa shape index (κ3) is 5.00. The first-order valence-corrected chi connectivity index (χ1v) is 10.7. The van der Waals surface area contributed by atoms with Crippen LogP contribution in [0.1, 0.15) is 23.5 Å². The number of anilines is 2. The molecule has 2 aromatic carbocycles. The minimum absolute atomic E-state index is 0.0848. The largest absolute Gasteiger partial charge is 0.325 e. The van der Waals surface area contributed by atoms with E-state index in [9.17, 15) is 18.8 Å². The second-order valence-corrected chi connectivity index (χ2v) is 8.11. The molecule has 0 saturated carbocycles. The number of nitrogens with one attached hydrogen (secondary N) is 3. The molecule has 0 aliphatic carbocycles. The lowest BCUT2D eigenvalue weighted by atomic mass is 9.92. The second-order valence-electron chi connectivity index (χ2n) is 7.02. The van der Waals surface area contributed by atoms with Crippen LogP contribution in [0.2, 0.25) is 0 Å². The summed E-state index contributed by atoms with van der Waals surface area (Å²) >= 11 is 1.36. The molecular formula is C22H19FN4O3S. The minimum Gasteiger partial charge on any atom is -0.325 e. The van der Waals surface area contributed by atoms with Crippen LogP contribution in [0.25, 0.3) is 0 Å². The lowest BCUT2D eigenvalue weighted by Crippen LogP contribution is -2.36. The zero-order valence-corrected chi connectivity index (χ0v) is 17.2. The van der Waals surface area contributed by atoms with E-state index in [4.69, 9.17) is 0 Å². The first kappa shape index (κ1) is 20.8. The van der Waals surface area contributed by atoms with Crippen LogP contribution in [0.3, 0.4) is 0 Å². The maximum atomic E-state index is 13.4. The van der Waals surface area contributed by atoms with Crippen molar-refractivity contribution in [3.05, 3.63) is 81.9 Å². The zero-order valence-electron chi connectivity index (χ0n) is 16.4. The summed E-state index contributed by atoms with van der Waals surface area (Å²) in [7, 11) is 0. The molecule has 3 aromatic rings. The molecule has 158 valence electrons. The van der Waals surface area contributed by atoms with E-state index >= 15 is 0 Å². The molecule has 0 fully saturated rings. The Balaban J connectivity index is 1.52. The number of H-pyrrole nitrogens is 1. The van der Waals surface area contributed by atoms with Crippen molar-refractivity contribution < 1.29 is 14.0 Å². The number of aromatic nitrogens is 2. The van der Waals surface area contributed by atoms with Crippen LogP contribution in [0, 0.1) is 5.82 Å². The smallest absolute Gasteiger partial charge is 0.257 e. The summed E-state index contributed by atoms with van der Waals surface area (Å²) in [5.74, 6) is -1.74. The minimum atomic E-state index is -1.02. The standard InChI is InChI=1S/C22H19FN4O3S/c23-14-7-4-8-15(11-14)24-20(29)16-12-17(28)25-19-18(16)21(30)27-22(26-19)31-10-9-13-5-2-1-3-6-13/h1-8,11,16H,9-10,12H2,(H,24,29)(H2,25,26,27,28,30)/t16-/m1/s1. The van der Waals surface area contributed by atoms with E-state index in [0.29, 0.717) is 10.9 Å². The third-order valence-corrected chi connectivity index (χ3v) is 5.69. The summed E-state index contributed by atoms with van der Waals surface area (Å²) in [6, 6.07) is 15.3. The molecule has 0 bridgehead atoms. The average Bonchev–Trinajstić information content (AvgIpc) is 2.73. The molecule has 0 spiro atoms. The van der Waals surface area contributed by atoms with Gasteiger partial charge in [0.25, 0.3) is 5.56 Å². The van der Waals surface area contributed by atoms with Crippen LogP contribution in [0.5, 0.6) is 0 Å². The maximum absolute atomic E-state index is 13.4. The van der Waals surface area contributed by atoms with Gasteiger partial charge in [-0.25, -0.2) is 9.37 Å². The number of carbonyl (C=O) groups is 2. The molecule has 3 N–H and O–H groups in total. The van der Waals surface area contributed by atoms with Crippen molar-refractivity contribution in [2.24, 2.45) is 0 Å². The topological polar surface area (TPSA) is 104 Å². The number of aryl methyl sites for hydroxylation is 1. The van der Waals surface area contributed by atoms with Gasteiger partial charge in [0, 0.05) is 17.9 Å². The van der Waals surface area contributed by atoms with Crippen LogP contribution in [0.15, 0.2) is 64.5 Å². The first-order chi connectivity index (χ1) is 15.0. The Morgan fingerprint density at radius 2 is 1.97 bits per heavy atom. The fraction of sp³-hybridized carbons (Fsp3) is 0.182. The number of rotatable bonds is 6. The molecule has 1 aromatic heterocycles. The molecule has 2 heterocycles. The number of carbonyl (C=O) groups excluding carboxylic acids is 2. The summed E-state index contributed by atoms with van der Waals surface area (Å²) in [5.41, 5.74) is 1.03. The van der Waals surface area contributed by atoms with Gasteiger partial charge in [-0.3, -0.25) is 14.4 Å². The van der Waals surface area contributed by atoms with Crippen molar-refractivity contribution in [1.29, 1.82) is 0 Å². The molecule has 0 saturated heterocycles. The molecule has 4 rings (SSSR count). The number of hydrogen-bond donors (Lipinski definition) is 3. The number of nitrogens with zero attached hydrogens (tertiary/aromatic N) is 1. The Morgan fingerprint density at radius 3 is 2.74 bits per heavy atom. The fourth-order valence-corrected chi connectivity index (χ4v) is 4.20. The molecular weight excluding hydrogens is 419 g/mol. The van der Waals surface area contributed by atoms with Gasteiger partial charge in [0.05, 0.1) is 11.5 Å². The number of fused-ring (bicyclic) bond motifs is 1. The molecule has 1 aliphatic rings. The number of hydrogen-bond acceptors (Lipinski definition) is 5. The lowest BCUT2D eigenvalue weighted by Gasteiger charge is -2.23.